The largest absolute Gasteiger partial charge is 0.317 e. The maximum Gasteiger partial charge on any atom is 0.241 e. The van der Waals surface area contributed by atoms with Crippen LogP contribution in [0.4, 0.5) is 5.69 Å². The average Bonchev–Trinajstić information content (AvgIpc) is 2.57. The molecule has 0 aliphatic carbocycles. The zero-order chi connectivity index (χ0) is 13.0. The van der Waals surface area contributed by atoms with Gasteiger partial charge in [-0.3, -0.25) is 4.98 Å². The van der Waals surface area contributed by atoms with Gasteiger partial charge in [-0.05, 0) is 18.9 Å². The molecular weight excluding hydrogens is 252 g/mol. The molecule has 0 saturated carbocycles. The summed E-state index contributed by atoms with van der Waals surface area (Å²) in [6.45, 7) is 1.82. The lowest BCUT2D eigenvalue weighted by molar-refractivity contribution is 0.342. The molecule has 18 heavy (non-hydrogen) atoms. The van der Waals surface area contributed by atoms with Gasteiger partial charge >= 0.3 is 0 Å². The van der Waals surface area contributed by atoms with E-state index in [1.807, 2.05) is 5.01 Å². The third-order valence-electron chi connectivity index (χ3n) is 2.98. The van der Waals surface area contributed by atoms with Crippen molar-refractivity contribution in [3.8, 4) is 0 Å². The number of sulfonamides is 1. The number of hydrogen-bond donors (Lipinski definition) is 2. The van der Waals surface area contributed by atoms with E-state index in [1.54, 1.807) is 12.3 Å². The second-order valence-electron chi connectivity index (χ2n) is 4.43. The smallest absolute Gasteiger partial charge is 0.241 e. The zero-order valence-electron chi connectivity index (χ0n) is 10.2. The Labute approximate surface area is 107 Å². The predicted octanol–water partition coefficient (Wildman–Crippen LogP) is 0.932. The van der Waals surface area contributed by atoms with Gasteiger partial charge in [0.25, 0.3) is 0 Å². The van der Waals surface area contributed by atoms with Crippen molar-refractivity contribution in [1.82, 2.24) is 9.99 Å². The van der Waals surface area contributed by atoms with Crippen molar-refractivity contribution in [2.24, 2.45) is 5.14 Å². The Hall–Kier alpha value is -1.18. The molecule has 0 unspecified atom stereocenters. The fraction of sp³-hybridized carbons (Fsp3) is 0.545. The van der Waals surface area contributed by atoms with Gasteiger partial charge in [0.2, 0.25) is 10.0 Å². The SMILES string of the molecule is NS(=O)(=O)c1cnccc1NN1CCCCCC1. The highest BCUT2D eigenvalue weighted by Gasteiger charge is 2.16. The number of nitrogens with zero attached hydrogens (tertiary/aromatic N) is 2. The first-order valence-electron chi connectivity index (χ1n) is 6.06. The minimum atomic E-state index is -3.75. The molecule has 0 aromatic carbocycles. The fourth-order valence-electron chi connectivity index (χ4n) is 2.05. The number of nitrogens with one attached hydrogen (secondary N) is 1. The lowest BCUT2D eigenvalue weighted by atomic mass is 10.2. The summed E-state index contributed by atoms with van der Waals surface area (Å²) in [6, 6.07) is 1.63. The number of pyridine rings is 1. The summed E-state index contributed by atoms with van der Waals surface area (Å²) in [5.41, 5.74) is 3.62. The van der Waals surface area contributed by atoms with Crippen LogP contribution in [-0.4, -0.2) is 31.5 Å². The third-order valence-corrected chi connectivity index (χ3v) is 3.91. The Bertz CT molecular complexity index is 496. The first-order valence-corrected chi connectivity index (χ1v) is 7.60. The number of rotatable bonds is 3. The van der Waals surface area contributed by atoms with Gasteiger partial charge in [0.05, 0.1) is 5.69 Å². The van der Waals surface area contributed by atoms with E-state index in [4.69, 9.17) is 5.14 Å². The van der Waals surface area contributed by atoms with Gasteiger partial charge in [-0.2, -0.15) is 0 Å². The number of anilines is 1. The standard InChI is InChI=1S/C11H18N4O2S/c12-18(16,17)11-9-13-6-5-10(11)14-15-7-3-1-2-4-8-15/h5-6,9H,1-4,7-8H2,(H,13,14)(H2,12,16,17). The summed E-state index contributed by atoms with van der Waals surface area (Å²) in [7, 11) is -3.75. The maximum atomic E-state index is 11.4. The number of aromatic nitrogens is 1. The summed E-state index contributed by atoms with van der Waals surface area (Å²) < 4.78 is 22.9. The van der Waals surface area contributed by atoms with E-state index in [0.717, 1.165) is 25.9 Å². The predicted molar refractivity (Wildman–Crippen MR) is 69.3 cm³/mol. The topological polar surface area (TPSA) is 88.3 Å². The van der Waals surface area contributed by atoms with Crippen molar-refractivity contribution in [1.29, 1.82) is 0 Å². The van der Waals surface area contributed by atoms with E-state index in [9.17, 15) is 8.42 Å². The molecule has 1 fully saturated rings. The summed E-state index contributed by atoms with van der Waals surface area (Å²) in [5, 5.41) is 7.21. The fourth-order valence-corrected chi connectivity index (χ4v) is 2.68. The van der Waals surface area contributed by atoms with Gasteiger partial charge in [0.15, 0.2) is 0 Å². The van der Waals surface area contributed by atoms with Crippen molar-refractivity contribution >= 4 is 15.7 Å². The Morgan fingerprint density at radius 2 is 1.89 bits per heavy atom. The molecule has 7 heteroatoms. The van der Waals surface area contributed by atoms with Crippen LogP contribution >= 0.6 is 0 Å². The third kappa shape index (κ3) is 3.41. The molecule has 2 rings (SSSR count). The lowest BCUT2D eigenvalue weighted by Crippen LogP contribution is -2.32. The maximum absolute atomic E-state index is 11.4. The van der Waals surface area contributed by atoms with Crippen LogP contribution in [0, 0.1) is 0 Å². The van der Waals surface area contributed by atoms with Crippen LogP contribution in [0.3, 0.4) is 0 Å². The van der Waals surface area contributed by atoms with E-state index < -0.39 is 10.0 Å². The van der Waals surface area contributed by atoms with Gasteiger partial charge in [-0.15, -0.1) is 0 Å². The second-order valence-corrected chi connectivity index (χ2v) is 5.96. The van der Waals surface area contributed by atoms with Crippen LogP contribution in [0.15, 0.2) is 23.4 Å². The second kappa shape index (κ2) is 5.64. The highest BCUT2D eigenvalue weighted by atomic mass is 32.2. The Kier molecular flexibility index (Phi) is 4.15. The van der Waals surface area contributed by atoms with Gasteiger partial charge in [-0.25, -0.2) is 18.6 Å². The van der Waals surface area contributed by atoms with Crippen molar-refractivity contribution in [3.05, 3.63) is 18.5 Å². The Balaban J connectivity index is 2.18. The number of nitrogens with two attached hydrogens (primary N) is 1. The van der Waals surface area contributed by atoms with Gasteiger partial charge in [-0.1, -0.05) is 12.8 Å². The number of hydrazine groups is 1. The monoisotopic (exact) mass is 270 g/mol. The molecule has 0 atom stereocenters. The zero-order valence-corrected chi connectivity index (χ0v) is 11.0. The van der Waals surface area contributed by atoms with Gasteiger partial charge in [0, 0.05) is 25.5 Å². The van der Waals surface area contributed by atoms with Crippen molar-refractivity contribution in [2.75, 3.05) is 18.5 Å². The molecular formula is C11H18N4O2S. The summed E-state index contributed by atoms with van der Waals surface area (Å²) >= 11 is 0. The minimum Gasteiger partial charge on any atom is -0.317 e. The highest BCUT2D eigenvalue weighted by Crippen LogP contribution is 2.20. The summed E-state index contributed by atoms with van der Waals surface area (Å²) in [4.78, 5) is 3.84. The van der Waals surface area contributed by atoms with Crippen LogP contribution in [0.1, 0.15) is 25.7 Å². The molecule has 3 N–H and O–H groups in total. The Morgan fingerprint density at radius 1 is 1.22 bits per heavy atom. The van der Waals surface area contributed by atoms with E-state index in [1.165, 1.54) is 19.0 Å². The van der Waals surface area contributed by atoms with Crippen molar-refractivity contribution < 1.29 is 8.42 Å². The molecule has 0 radical (unpaired) electrons. The molecule has 1 aromatic heterocycles. The van der Waals surface area contributed by atoms with Gasteiger partial charge < -0.3 is 5.43 Å². The molecule has 0 amide bonds. The first kappa shape index (κ1) is 13.3. The number of hydrogen-bond acceptors (Lipinski definition) is 5. The molecule has 0 bridgehead atoms. The normalized spacial score (nSPS) is 18.3. The minimum absolute atomic E-state index is 0.0363. The van der Waals surface area contributed by atoms with E-state index in [0.29, 0.717) is 5.69 Å². The van der Waals surface area contributed by atoms with Gasteiger partial charge in [0.1, 0.15) is 4.90 Å². The van der Waals surface area contributed by atoms with Crippen LogP contribution in [0.2, 0.25) is 0 Å². The molecule has 0 spiro atoms. The highest BCUT2D eigenvalue weighted by molar-refractivity contribution is 7.89. The molecule has 2 heterocycles. The summed E-state index contributed by atoms with van der Waals surface area (Å²) in [5.74, 6) is 0. The van der Waals surface area contributed by atoms with E-state index >= 15 is 0 Å². The average molecular weight is 270 g/mol. The molecule has 100 valence electrons. The summed E-state index contributed by atoms with van der Waals surface area (Å²) in [6.07, 6.45) is 7.49. The van der Waals surface area contributed by atoms with Crippen molar-refractivity contribution in [2.45, 2.75) is 30.6 Å². The number of primary sulfonamides is 1. The van der Waals surface area contributed by atoms with Crippen LogP contribution in [0.5, 0.6) is 0 Å². The molecule has 6 nitrogen and oxygen atoms in total. The van der Waals surface area contributed by atoms with E-state index in [2.05, 4.69) is 10.4 Å². The van der Waals surface area contributed by atoms with Crippen molar-refractivity contribution in [3.63, 3.8) is 0 Å². The first-order chi connectivity index (χ1) is 8.57. The van der Waals surface area contributed by atoms with Crippen LogP contribution in [0.25, 0.3) is 0 Å². The molecule has 1 aliphatic heterocycles. The molecule has 1 saturated heterocycles. The quantitative estimate of drug-likeness (QED) is 0.853. The van der Waals surface area contributed by atoms with Crippen LogP contribution < -0.4 is 10.6 Å². The van der Waals surface area contributed by atoms with E-state index in [-0.39, 0.29) is 4.90 Å². The molecule has 1 aliphatic rings. The lowest BCUT2D eigenvalue weighted by Gasteiger charge is -2.23. The Morgan fingerprint density at radius 3 is 2.50 bits per heavy atom. The molecule has 1 aromatic rings. The van der Waals surface area contributed by atoms with Crippen LogP contribution in [-0.2, 0) is 10.0 Å².